The number of rotatable bonds is 5. The van der Waals surface area contributed by atoms with E-state index in [1.807, 2.05) is 18.2 Å². The zero-order valence-corrected chi connectivity index (χ0v) is 14.0. The number of hydrogen-bond donors (Lipinski definition) is 0. The smallest absolute Gasteiger partial charge is 0.202 e. The van der Waals surface area contributed by atoms with Crippen LogP contribution in [-0.4, -0.2) is 6.61 Å². The molecule has 0 saturated carbocycles. The van der Waals surface area contributed by atoms with Crippen LogP contribution in [0.25, 0.3) is 20.5 Å². The molecule has 3 aromatic rings. The highest BCUT2D eigenvalue weighted by molar-refractivity contribution is 7.22. The molecule has 120 valence electrons. The molecule has 0 amide bonds. The quantitative estimate of drug-likeness (QED) is 0.540. The minimum atomic E-state index is -0.911. The molecule has 0 atom stereocenters. The van der Waals surface area contributed by atoms with Gasteiger partial charge in [-0.15, -0.1) is 11.3 Å². The lowest BCUT2D eigenvalue weighted by molar-refractivity contribution is 0.315. The van der Waals surface area contributed by atoms with Crippen LogP contribution in [0.4, 0.5) is 8.78 Å². The average Bonchev–Trinajstić information content (AvgIpc) is 2.98. The molecule has 0 aliphatic carbocycles. The number of hydrogen-bond acceptors (Lipinski definition) is 2. The highest BCUT2D eigenvalue weighted by atomic mass is 32.1. The minimum absolute atomic E-state index is 0.0276. The summed E-state index contributed by atoms with van der Waals surface area (Å²) in [7, 11) is 0. The topological polar surface area (TPSA) is 9.23 Å². The van der Waals surface area contributed by atoms with E-state index < -0.39 is 11.6 Å². The number of aryl methyl sites for hydroxylation is 1. The molecule has 1 heterocycles. The van der Waals surface area contributed by atoms with Crippen molar-refractivity contribution in [2.45, 2.75) is 26.7 Å². The Labute approximate surface area is 138 Å². The molecule has 0 N–H and O–H groups in total. The zero-order valence-electron chi connectivity index (χ0n) is 13.2. The largest absolute Gasteiger partial charge is 0.491 e. The van der Waals surface area contributed by atoms with Crippen molar-refractivity contribution in [3.8, 4) is 16.2 Å². The van der Waals surface area contributed by atoms with E-state index >= 15 is 0 Å². The third-order valence-electron chi connectivity index (χ3n) is 3.73. The van der Waals surface area contributed by atoms with Gasteiger partial charge in [0.1, 0.15) is 0 Å². The molecule has 4 heteroatoms. The second kappa shape index (κ2) is 6.67. The van der Waals surface area contributed by atoms with E-state index in [9.17, 15) is 8.78 Å². The minimum Gasteiger partial charge on any atom is -0.491 e. The van der Waals surface area contributed by atoms with Crippen molar-refractivity contribution < 1.29 is 13.5 Å². The van der Waals surface area contributed by atoms with Crippen LogP contribution < -0.4 is 4.74 Å². The third kappa shape index (κ3) is 3.08. The lowest BCUT2D eigenvalue weighted by Crippen LogP contribution is -1.96. The van der Waals surface area contributed by atoms with Gasteiger partial charge in [0.15, 0.2) is 11.6 Å². The van der Waals surface area contributed by atoms with Gasteiger partial charge in [-0.3, -0.25) is 0 Å². The SMILES string of the molecule is CCCc1ccc(-c2cc3cc(OCC)c(F)c(F)c3s2)cc1. The summed E-state index contributed by atoms with van der Waals surface area (Å²) >= 11 is 1.27. The second-order valence-electron chi connectivity index (χ2n) is 5.41. The van der Waals surface area contributed by atoms with E-state index in [0.29, 0.717) is 16.7 Å². The van der Waals surface area contributed by atoms with Crippen molar-refractivity contribution in [2.75, 3.05) is 6.61 Å². The van der Waals surface area contributed by atoms with E-state index in [0.717, 1.165) is 23.3 Å². The molecule has 0 saturated heterocycles. The maximum absolute atomic E-state index is 14.2. The Bertz CT molecular complexity index is 821. The van der Waals surface area contributed by atoms with Crippen molar-refractivity contribution in [3.05, 3.63) is 53.6 Å². The molecule has 0 fully saturated rings. The van der Waals surface area contributed by atoms with Gasteiger partial charge in [-0.05, 0) is 42.0 Å². The van der Waals surface area contributed by atoms with Gasteiger partial charge in [0.05, 0.1) is 11.3 Å². The normalized spacial score (nSPS) is 11.1. The fraction of sp³-hybridized carbons (Fsp3) is 0.263. The summed E-state index contributed by atoms with van der Waals surface area (Å²) in [5.41, 5.74) is 2.30. The van der Waals surface area contributed by atoms with Crippen molar-refractivity contribution in [3.63, 3.8) is 0 Å². The maximum atomic E-state index is 14.2. The van der Waals surface area contributed by atoms with Crippen molar-refractivity contribution in [1.29, 1.82) is 0 Å². The fourth-order valence-corrected chi connectivity index (χ4v) is 3.70. The van der Waals surface area contributed by atoms with Gasteiger partial charge in [-0.1, -0.05) is 37.6 Å². The summed E-state index contributed by atoms with van der Waals surface area (Å²) in [4.78, 5) is 0.926. The first-order valence-electron chi connectivity index (χ1n) is 7.77. The van der Waals surface area contributed by atoms with Crippen LogP contribution in [0.3, 0.4) is 0 Å². The first kappa shape index (κ1) is 15.9. The molecular formula is C19H18F2OS. The van der Waals surface area contributed by atoms with Crippen LogP contribution in [0.1, 0.15) is 25.8 Å². The molecule has 3 rings (SSSR count). The van der Waals surface area contributed by atoms with E-state index in [1.54, 1.807) is 13.0 Å². The molecule has 2 aromatic carbocycles. The molecule has 23 heavy (non-hydrogen) atoms. The standard InChI is InChI=1S/C19H18F2OS/c1-3-5-12-6-8-13(9-7-12)16-11-14-10-15(22-4-2)17(20)18(21)19(14)23-16/h6-11H,3-5H2,1-2H3. The number of ether oxygens (including phenoxy) is 1. The molecule has 0 spiro atoms. The zero-order chi connectivity index (χ0) is 16.4. The summed E-state index contributed by atoms with van der Waals surface area (Å²) < 4.78 is 33.7. The van der Waals surface area contributed by atoms with Gasteiger partial charge < -0.3 is 4.74 Å². The summed E-state index contributed by atoms with van der Waals surface area (Å²) in [6.07, 6.45) is 2.15. The second-order valence-corrected chi connectivity index (χ2v) is 6.46. The number of halogens is 2. The highest BCUT2D eigenvalue weighted by Gasteiger charge is 2.17. The van der Waals surface area contributed by atoms with E-state index in [2.05, 4.69) is 19.1 Å². The van der Waals surface area contributed by atoms with Crippen molar-refractivity contribution >= 4 is 21.4 Å². The van der Waals surface area contributed by atoms with Crippen molar-refractivity contribution in [2.24, 2.45) is 0 Å². The Hall–Kier alpha value is -1.94. The summed E-state index contributed by atoms with van der Waals surface area (Å²) in [6.45, 7) is 4.20. The van der Waals surface area contributed by atoms with Gasteiger partial charge in [-0.2, -0.15) is 4.39 Å². The summed E-state index contributed by atoms with van der Waals surface area (Å²) in [6, 6.07) is 11.7. The predicted octanol–water partition coefficient (Wildman–Crippen LogP) is 6.20. The Morgan fingerprint density at radius 1 is 1.00 bits per heavy atom. The molecule has 0 radical (unpaired) electrons. The predicted molar refractivity (Wildman–Crippen MR) is 92.3 cm³/mol. The number of fused-ring (bicyclic) bond motifs is 1. The monoisotopic (exact) mass is 332 g/mol. The summed E-state index contributed by atoms with van der Waals surface area (Å²) in [5.74, 6) is -1.77. The van der Waals surface area contributed by atoms with E-state index in [1.165, 1.54) is 16.9 Å². The molecule has 0 bridgehead atoms. The lowest BCUT2D eigenvalue weighted by atomic mass is 10.1. The van der Waals surface area contributed by atoms with Gasteiger partial charge in [-0.25, -0.2) is 4.39 Å². The highest BCUT2D eigenvalue weighted by Crippen LogP contribution is 2.38. The summed E-state index contributed by atoms with van der Waals surface area (Å²) in [5, 5.41) is 0.671. The van der Waals surface area contributed by atoms with Crippen molar-refractivity contribution in [1.82, 2.24) is 0 Å². The molecule has 1 aromatic heterocycles. The molecule has 1 nitrogen and oxygen atoms in total. The van der Waals surface area contributed by atoms with Gasteiger partial charge in [0, 0.05) is 4.88 Å². The molecule has 0 aliphatic heterocycles. The number of thiophene rings is 1. The van der Waals surface area contributed by atoms with Crippen LogP contribution in [0.15, 0.2) is 36.4 Å². The molecule has 0 aliphatic rings. The van der Waals surface area contributed by atoms with Crippen LogP contribution in [0.5, 0.6) is 5.75 Å². The fourth-order valence-electron chi connectivity index (χ4n) is 2.62. The Kier molecular flexibility index (Phi) is 4.62. The third-order valence-corrected chi connectivity index (χ3v) is 4.93. The average molecular weight is 332 g/mol. The van der Waals surface area contributed by atoms with Crippen LogP contribution >= 0.6 is 11.3 Å². The lowest BCUT2D eigenvalue weighted by Gasteiger charge is -2.05. The van der Waals surface area contributed by atoms with Gasteiger partial charge in [0.2, 0.25) is 5.82 Å². The van der Waals surface area contributed by atoms with Crippen LogP contribution in [-0.2, 0) is 6.42 Å². The molecular weight excluding hydrogens is 314 g/mol. The van der Waals surface area contributed by atoms with Crippen LogP contribution in [0.2, 0.25) is 0 Å². The first-order valence-corrected chi connectivity index (χ1v) is 8.59. The number of benzene rings is 2. The van der Waals surface area contributed by atoms with E-state index in [-0.39, 0.29) is 5.75 Å². The van der Waals surface area contributed by atoms with E-state index in [4.69, 9.17) is 4.74 Å². The maximum Gasteiger partial charge on any atom is 0.202 e. The Balaban J connectivity index is 2.04. The Morgan fingerprint density at radius 3 is 2.39 bits per heavy atom. The Morgan fingerprint density at radius 2 is 1.74 bits per heavy atom. The van der Waals surface area contributed by atoms with Gasteiger partial charge in [0.25, 0.3) is 0 Å². The first-order chi connectivity index (χ1) is 11.1. The molecule has 0 unspecified atom stereocenters. The van der Waals surface area contributed by atoms with Gasteiger partial charge >= 0.3 is 0 Å². The van der Waals surface area contributed by atoms with Crippen LogP contribution in [0, 0.1) is 11.6 Å².